The highest BCUT2D eigenvalue weighted by molar-refractivity contribution is 5.96. The van der Waals surface area contributed by atoms with E-state index in [2.05, 4.69) is 57.2 Å². The van der Waals surface area contributed by atoms with Crippen molar-refractivity contribution >= 4 is 27.6 Å². The van der Waals surface area contributed by atoms with Crippen molar-refractivity contribution in [3.8, 4) is 22.6 Å². The summed E-state index contributed by atoms with van der Waals surface area (Å²) in [5, 5.41) is 11.2. The van der Waals surface area contributed by atoms with Crippen LogP contribution in [0.2, 0.25) is 0 Å². The van der Waals surface area contributed by atoms with E-state index in [0.717, 1.165) is 64.0 Å². The van der Waals surface area contributed by atoms with Crippen LogP contribution in [0.15, 0.2) is 85.2 Å². The molecule has 5 heterocycles. The molecule has 4 aromatic heterocycles. The van der Waals surface area contributed by atoms with Gasteiger partial charge < -0.3 is 10.3 Å². The zero-order valence-corrected chi connectivity index (χ0v) is 21.5. The highest BCUT2D eigenvalue weighted by Gasteiger charge is 2.18. The van der Waals surface area contributed by atoms with E-state index < -0.39 is 0 Å². The first-order valence-corrected chi connectivity index (χ1v) is 13.2. The minimum absolute atomic E-state index is 0.688. The average Bonchev–Trinajstić information content (AvgIpc) is 3.60. The Labute approximate surface area is 221 Å². The van der Waals surface area contributed by atoms with Crippen molar-refractivity contribution in [1.82, 2.24) is 35.5 Å². The van der Waals surface area contributed by atoms with Gasteiger partial charge in [-0.25, -0.2) is 9.97 Å². The van der Waals surface area contributed by atoms with Crippen molar-refractivity contribution < 1.29 is 0 Å². The van der Waals surface area contributed by atoms with Gasteiger partial charge in [-0.1, -0.05) is 30.9 Å². The van der Waals surface area contributed by atoms with Crippen LogP contribution in [0.25, 0.3) is 50.3 Å². The predicted molar refractivity (Wildman–Crippen MR) is 154 cm³/mol. The molecule has 5 aromatic rings. The number of aromatic amines is 2. The lowest BCUT2D eigenvalue weighted by Crippen LogP contribution is -2.27. The molecular formula is C31H31N7. The summed E-state index contributed by atoms with van der Waals surface area (Å²) in [6.07, 6.45) is 13.4. The van der Waals surface area contributed by atoms with Gasteiger partial charge >= 0.3 is 0 Å². The smallest absolute Gasteiger partial charge is 0.161 e. The van der Waals surface area contributed by atoms with Crippen LogP contribution in [-0.2, 0) is 0 Å². The Morgan fingerprint density at radius 1 is 1.00 bits per heavy atom. The first-order valence-electron chi connectivity index (χ1n) is 13.2. The molecule has 6 rings (SSSR count). The second-order valence-electron chi connectivity index (χ2n) is 9.75. The molecule has 3 N–H and O–H groups in total. The van der Waals surface area contributed by atoms with Gasteiger partial charge in [0.05, 0.1) is 22.2 Å². The third-order valence-electron chi connectivity index (χ3n) is 7.33. The monoisotopic (exact) mass is 501 g/mol. The van der Waals surface area contributed by atoms with Gasteiger partial charge in [0.25, 0.3) is 0 Å². The highest BCUT2D eigenvalue weighted by atomic mass is 15.1. The SMILES string of the molecule is C=C/C(=C\C(=C/C)c1ccc2[nH]nc(-c3nc4c(-c5ccncc5)cccc4[nH]3)c2n1)CC1CCNCC1. The Bertz CT molecular complexity index is 1650. The van der Waals surface area contributed by atoms with Gasteiger partial charge in [0.1, 0.15) is 5.52 Å². The minimum Gasteiger partial charge on any atom is -0.336 e. The maximum Gasteiger partial charge on any atom is 0.161 e. The summed E-state index contributed by atoms with van der Waals surface area (Å²) in [6, 6.07) is 14.2. The van der Waals surface area contributed by atoms with Gasteiger partial charge in [-0.2, -0.15) is 5.10 Å². The predicted octanol–water partition coefficient (Wildman–Crippen LogP) is 6.47. The molecule has 7 nitrogen and oxygen atoms in total. The number of hydrogen-bond acceptors (Lipinski definition) is 5. The number of aromatic nitrogens is 6. The second kappa shape index (κ2) is 10.6. The molecule has 0 amide bonds. The molecule has 7 heteroatoms. The number of nitrogens with one attached hydrogen (secondary N) is 3. The number of piperidine rings is 1. The Morgan fingerprint density at radius 3 is 2.63 bits per heavy atom. The molecule has 0 spiro atoms. The summed E-state index contributed by atoms with van der Waals surface area (Å²) in [4.78, 5) is 17.6. The van der Waals surface area contributed by atoms with Crippen molar-refractivity contribution in [3.05, 3.63) is 90.9 Å². The Hall–Kier alpha value is -4.36. The molecule has 0 saturated carbocycles. The van der Waals surface area contributed by atoms with Crippen LogP contribution in [0, 0.1) is 5.92 Å². The molecular weight excluding hydrogens is 470 g/mol. The molecule has 1 aliphatic heterocycles. The molecule has 0 aliphatic carbocycles. The van der Waals surface area contributed by atoms with Crippen molar-refractivity contribution in [2.45, 2.75) is 26.2 Å². The standard InChI is InChI=1S/C31H31N7/c1-3-20(18-21-10-14-32-15-11-21)19-22(4-2)25-8-9-27-29(34-25)30(38-37-27)31-35-26-7-5-6-24(28(26)36-31)23-12-16-33-17-13-23/h3-9,12-13,16-17,19,21,32H,1,10-11,14-15,18H2,2H3,(H,35,36)(H,37,38)/b20-19+,22-4+. The fourth-order valence-corrected chi connectivity index (χ4v) is 5.26. The zero-order valence-electron chi connectivity index (χ0n) is 21.5. The molecule has 1 fully saturated rings. The van der Waals surface area contributed by atoms with Gasteiger partial charge in [-0.3, -0.25) is 10.1 Å². The lowest BCUT2D eigenvalue weighted by Gasteiger charge is -2.23. The molecule has 0 unspecified atom stereocenters. The van der Waals surface area contributed by atoms with E-state index in [9.17, 15) is 0 Å². The normalized spacial score (nSPS) is 15.4. The van der Waals surface area contributed by atoms with Crippen LogP contribution in [0.1, 0.15) is 31.9 Å². The van der Waals surface area contributed by atoms with Gasteiger partial charge in [0.2, 0.25) is 0 Å². The third kappa shape index (κ3) is 4.68. The van der Waals surface area contributed by atoms with E-state index in [1.807, 2.05) is 42.5 Å². The molecule has 1 saturated heterocycles. The molecule has 1 aromatic carbocycles. The maximum absolute atomic E-state index is 5.05. The number of imidazole rings is 1. The fraction of sp³-hybridized carbons (Fsp3) is 0.226. The van der Waals surface area contributed by atoms with Crippen molar-refractivity contribution in [1.29, 1.82) is 0 Å². The lowest BCUT2D eigenvalue weighted by molar-refractivity contribution is 0.374. The molecule has 0 radical (unpaired) electrons. The topological polar surface area (TPSA) is 95.2 Å². The Balaban J connectivity index is 1.36. The van der Waals surface area contributed by atoms with Crippen LogP contribution in [0.3, 0.4) is 0 Å². The summed E-state index contributed by atoms with van der Waals surface area (Å²) in [5.41, 5.74) is 9.56. The number of benzene rings is 1. The number of H-pyrrole nitrogens is 2. The van der Waals surface area contributed by atoms with E-state index >= 15 is 0 Å². The number of para-hydroxylation sites is 1. The summed E-state index contributed by atoms with van der Waals surface area (Å²) in [7, 11) is 0. The van der Waals surface area contributed by atoms with Gasteiger partial charge in [-0.05, 0) is 98.3 Å². The van der Waals surface area contributed by atoms with Crippen molar-refractivity contribution in [2.75, 3.05) is 13.1 Å². The van der Waals surface area contributed by atoms with Crippen molar-refractivity contribution in [2.24, 2.45) is 5.92 Å². The number of nitrogens with zero attached hydrogens (tertiary/aromatic N) is 4. The largest absolute Gasteiger partial charge is 0.336 e. The van der Waals surface area contributed by atoms with E-state index in [-0.39, 0.29) is 0 Å². The van der Waals surface area contributed by atoms with Crippen LogP contribution in [-0.4, -0.2) is 43.2 Å². The van der Waals surface area contributed by atoms with Gasteiger partial charge in [0.15, 0.2) is 11.5 Å². The van der Waals surface area contributed by atoms with Crippen LogP contribution >= 0.6 is 0 Å². The van der Waals surface area contributed by atoms with E-state index in [0.29, 0.717) is 17.4 Å². The molecule has 38 heavy (non-hydrogen) atoms. The van der Waals surface area contributed by atoms with E-state index in [1.165, 1.54) is 18.4 Å². The number of pyridine rings is 2. The summed E-state index contributed by atoms with van der Waals surface area (Å²) < 4.78 is 0. The van der Waals surface area contributed by atoms with Crippen molar-refractivity contribution in [3.63, 3.8) is 0 Å². The third-order valence-corrected chi connectivity index (χ3v) is 7.33. The lowest BCUT2D eigenvalue weighted by atomic mass is 9.90. The maximum atomic E-state index is 5.05. The van der Waals surface area contributed by atoms with Crippen LogP contribution in [0.5, 0.6) is 0 Å². The van der Waals surface area contributed by atoms with E-state index in [1.54, 1.807) is 12.4 Å². The average molecular weight is 502 g/mol. The number of rotatable bonds is 7. The first-order chi connectivity index (χ1) is 18.7. The second-order valence-corrected chi connectivity index (χ2v) is 9.75. The quantitative estimate of drug-likeness (QED) is 0.222. The molecule has 0 bridgehead atoms. The fourth-order valence-electron chi connectivity index (χ4n) is 5.26. The summed E-state index contributed by atoms with van der Waals surface area (Å²) >= 11 is 0. The minimum atomic E-state index is 0.688. The van der Waals surface area contributed by atoms with Gasteiger partial charge in [-0.15, -0.1) is 0 Å². The van der Waals surface area contributed by atoms with E-state index in [4.69, 9.17) is 9.97 Å². The van der Waals surface area contributed by atoms with Crippen LogP contribution < -0.4 is 5.32 Å². The first kappa shape index (κ1) is 24.0. The summed E-state index contributed by atoms with van der Waals surface area (Å²) in [6.45, 7) is 8.34. The summed E-state index contributed by atoms with van der Waals surface area (Å²) in [5.74, 6) is 1.38. The number of hydrogen-bond donors (Lipinski definition) is 3. The highest BCUT2D eigenvalue weighted by Crippen LogP contribution is 2.32. The molecule has 190 valence electrons. The zero-order chi connectivity index (χ0) is 25.9. The number of fused-ring (bicyclic) bond motifs is 2. The number of allylic oxidation sites excluding steroid dienone is 5. The molecule has 1 aliphatic rings. The Kier molecular flexibility index (Phi) is 6.67. The molecule has 0 atom stereocenters. The van der Waals surface area contributed by atoms with Crippen LogP contribution in [0.4, 0.5) is 0 Å². The Morgan fingerprint density at radius 2 is 1.84 bits per heavy atom. The van der Waals surface area contributed by atoms with Gasteiger partial charge in [0, 0.05) is 18.0 Å².